The largest absolute Gasteiger partial charge is 0.305 e. The number of nitrogens with zero attached hydrogens (tertiary/aromatic N) is 2. The first-order valence-corrected chi connectivity index (χ1v) is 7.83. The van der Waals surface area contributed by atoms with E-state index in [1.54, 1.807) is 36.1 Å². The number of amides is 1. The fourth-order valence-corrected chi connectivity index (χ4v) is 2.42. The normalized spacial score (nSPS) is 11.3. The van der Waals surface area contributed by atoms with Crippen molar-refractivity contribution in [1.82, 2.24) is 9.78 Å². The van der Waals surface area contributed by atoms with Gasteiger partial charge in [-0.15, -0.1) is 0 Å². The highest BCUT2D eigenvalue weighted by Crippen LogP contribution is 2.22. The number of halogens is 1. The summed E-state index contributed by atoms with van der Waals surface area (Å²) in [4.78, 5) is 12.7. The molecule has 2 aromatic carbocycles. The van der Waals surface area contributed by atoms with Gasteiger partial charge in [-0.25, -0.2) is 0 Å². The van der Waals surface area contributed by atoms with E-state index in [1.165, 1.54) is 0 Å². The van der Waals surface area contributed by atoms with Gasteiger partial charge in [0.2, 0.25) is 0 Å². The molecule has 4 nitrogen and oxygen atoms in total. The molecule has 1 heterocycles. The quantitative estimate of drug-likeness (QED) is 0.571. The lowest BCUT2D eigenvalue weighted by atomic mass is 10.0. The third-order valence-corrected chi connectivity index (χ3v) is 3.72. The summed E-state index contributed by atoms with van der Waals surface area (Å²) in [7, 11) is 1.80. The maximum atomic E-state index is 12.7. The number of hydrogen-bond donors (Lipinski definition) is 1. The lowest BCUT2D eigenvalue weighted by Gasteiger charge is -2.08. The number of rotatable bonds is 4. The molecular weight excluding hydrogens is 322 g/mol. The zero-order chi connectivity index (χ0) is 16.9. The highest BCUT2D eigenvalue weighted by molar-refractivity contribution is 6.31. The predicted octanol–water partition coefficient (Wildman–Crippen LogP) is 4.25. The zero-order valence-electron chi connectivity index (χ0n) is 13.1. The number of nitrogens with one attached hydrogen (secondary N) is 1. The number of aromatic nitrogens is 2. The van der Waals surface area contributed by atoms with Crippen LogP contribution in [0.2, 0.25) is 5.02 Å². The second kappa shape index (κ2) is 7.15. The van der Waals surface area contributed by atoms with Gasteiger partial charge in [-0.05, 0) is 29.3 Å². The zero-order valence-corrected chi connectivity index (χ0v) is 13.9. The Labute approximate surface area is 145 Å². The first kappa shape index (κ1) is 16.0. The van der Waals surface area contributed by atoms with E-state index in [4.69, 9.17) is 11.6 Å². The minimum atomic E-state index is -0.222. The van der Waals surface area contributed by atoms with Gasteiger partial charge in [-0.1, -0.05) is 54.1 Å². The van der Waals surface area contributed by atoms with E-state index in [0.717, 1.165) is 11.1 Å². The van der Waals surface area contributed by atoms with Crippen LogP contribution < -0.4 is 5.32 Å². The monoisotopic (exact) mass is 337 g/mol. The second-order valence-electron chi connectivity index (χ2n) is 5.30. The average molecular weight is 338 g/mol. The Hall–Kier alpha value is -2.85. The topological polar surface area (TPSA) is 46.9 Å². The van der Waals surface area contributed by atoms with E-state index >= 15 is 0 Å². The molecule has 0 fully saturated rings. The summed E-state index contributed by atoms with van der Waals surface area (Å²) < 4.78 is 1.64. The Balaban J connectivity index is 1.96. The molecule has 1 N–H and O–H groups in total. The number of carbonyl (C=O) groups excluding carboxylic acids is 1. The Kier molecular flexibility index (Phi) is 4.77. The van der Waals surface area contributed by atoms with Crippen molar-refractivity contribution < 1.29 is 4.79 Å². The van der Waals surface area contributed by atoms with Crippen molar-refractivity contribution in [2.24, 2.45) is 7.05 Å². The lowest BCUT2D eigenvalue weighted by molar-refractivity contribution is -0.111. The molecule has 24 heavy (non-hydrogen) atoms. The van der Waals surface area contributed by atoms with Crippen molar-refractivity contribution in [3.05, 3.63) is 83.0 Å². The van der Waals surface area contributed by atoms with E-state index in [9.17, 15) is 4.79 Å². The molecule has 0 unspecified atom stereocenters. The fraction of sp³-hybridized carbons (Fsp3) is 0.0526. The number of aryl methyl sites for hydroxylation is 1. The van der Waals surface area contributed by atoms with Gasteiger partial charge in [-0.2, -0.15) is 5.10 Å². The molecule has 0 spiro atoms. The third-order valence-electron chi connectivity index (χ3n) is 3.47. The predicted molar refractivity (Wildman–Crippen MR) is 97.6 cm³/mol. The number of hydrogen-bond acceptors (Lipinski definition) is 2. The highest BCUT2D eigenvalue weighted by atomic mass is 35.5. The maximum absolute atomic E-state index is 12.7. The highest BCUT2D eigenvalue weighted by Gasteiger charge is 2.13. The van der Waals surface area contributed by atoms with Crippen LogP contribution in [0.5, 0.6) is 0 Å². The molecule has 1 aromatic heterocycles. The van der Waals surface area contributed by atoms with Crippen LogP contribution in [-0.2, 0) is 11.8 Å². The summed E-state index contributed by atoms with van der Waals surface area (Å²) in [5.74, 6) is 0.287. The van der Waals surface area contributed by atoms with Crippen molar-refractivity contribution >= 4 is 35.0 Å². The van der Waals surface area contributed by atoms with E-state index in [1.807, 2.05) is 48.5 Å². The molecule has 0 aliphatic carbocycles. The van der Waals surface area contributed by atoms with Gasteiger partial charge in [-0.3, -0.25) is 9.48 Å². The van der Waals surface area contributed by atoms with E-state index in [2.05, 4.69) is 10.4 Å². The number of anilines is 1. The Morgan fingerprint density at radius 1 is 1.08 bits per heavy atom. The van der Waals surface area contributed by atoms with Crippen LogP contribution >= 0.6 is 11.6 Å². The molecule has 0 atom stereocenters. The van der Waals surface area contributed by atoms with Gasteiger partial charge in [0.25, 0.3) is 5.91 Å². The van der Waals surface area contributed by atoms with Crippen LogP contribution in [0, 0.1) is 0 Å². The summed E-state index contributed by atoms with van der Waals surface area (Å²) in [5, 5.41) is 7.64. The van der Waals surface area contributed by atoms with E-state index in [0.29, 0.717) is 16.4 Å². The fourth-order valence-electron chi connectivity index (χ4n) is 2.29. The van der Waals surface area contributed by atoms with Crippen LogP contribution in [0.25, 0.3) is 11.6 Å². The lowest BCUT2D eigenvalue weighted by Crippen LogP contribution is -2.14. The molecular formula is C19H16ClN3O. The number of carbonyl (C=O) groups is 1. The standard InChI is InChI=1S/C19H16ClN3O/c1-23-12-11-18(22-23)21-19(24)17(13-14-5-3-2-4-6-14)15-7-9-16(20)10-8-15/h2-13H,1H3,(H,21,22,24). The summed E-state index contributed by atoms with van der Waals surface area (Å²) in [6.07, 6.45) is 3.62. The van der Waals surface area contributed by atoms with Crippen LogP contribution in [0.4, 0.5) is 5.82 Å². The molecule has 3 aromatic rings. The van der Waals surface area contributed by atoms with Crippen LogP contribution in [0.3, 0.4) is 0 Å². The Morgan fingerprint density at radius 3 is 2.42 bits per heavy atom. The minimum Gasteiger partial charge on any atom is -0.305 e. The number of benzene rings is 2. The first-order valence-electron chi connectivity index (χ1n) is 7.45. The van der Waals surface area contributed by atoms with Crippen LogP contribution in [-0.4, -0.2) is 15.7 Å². The smallest absolute Gasteiger partial charge is 0.257 e. The van der Waals surface area contributed by atoms with Crippen molar-refractivity contribution in [1.29, 1.82) is 0 Å². The van der Waals surface area contributed by atoms with Crippen LogP contribution in [0.15, 0.2) is 66.9 Å². The first-order chi connectivity index (χ1) is 11.6. The molecule has 5 heteroatoms. The van der Waals surface area contributed by atoms with Gasteiger partial charge < -0.3 is 5.32 Å². The molecule has 120 valence electrons. The Bertz CT molecular complexity index is 867. The summed E-state index contributed by atoms with van der Waals surface area (Å²) in [5.41, 5.74) is 2.28. The van der Waals surface area contributed by atoms with Crippen molar-refractivity contribution in [3.8, 4) is 0 Å². The molecule has 0 saturated carbocycles. The van der Waals surface area contributed by atoms with Gasteiger partial charge in [0.05, 0.1) is 0 Å². The SMILES string of the molecule is Cn1ccc(NC(=O)C(=Cc2ccccc2)c2ccc(Cl)cc2)n1. The molecule has 0 saturated heterocycles. The van der Waals surface area contributed by atoms with Crippen LogP contribution in [0.1, 0.15) is 11.1 Å². The van der Waals surface area contributed by atoms with Gasteiger partial charge in [0, 0.05) is 29.9 Å². The average Bonchev–Trinajstić information content (AvgIpc) is 2.99. The third kappa shape index (κ3) is 3.91. The van der Waals surface area contributed by atoms with E-state index in [-0.39, 0.29) is 5.91 Å². The summed E-state index contributed by atoms with van der Waals surface area (Å²) in [6.45, 7) is 0. The summed E-state index contributed by atoms with van der Waals surface area (Å²) in [6, 6.07) is 18.6. The summed E-state index contributed by atoms with van der Waals surface area (Å²) >= 11 is 5.96. The molecule has 0 aliphatic heterocycles. The van der Waals surface area contributed by atoms with Gasteiger partial charge in [0.15, 0.2) is 5.82 Å². The maximum Gasteiger partial charge on any atom is 0.257 e. The van der Waals surface area contributed by atoms with E-state index < -0.39 is 0 Å². The van der Waals surface area contributed by atoms with Crippen molar-refractivity contribution in [3.63, 3.8) is 0 Å². The minimum absolute atomic E-state index is 0.222. The molecule has 0 radical (unpaired) electrons. The molecule has 1 amide bonds. The van der Waals surface area contributed by atoms with Gasteiger partial charge >= 0.3 is 0 Å². The molecule has 3 rings (SSSR count). The van der Waals surface area contributed by atoms with Gasteiger partial charge in [0.1, 0.15) is 0 Å². The van der Waals surface area contributed by atoms with Crippen molar-refractivity contribution in [2.45, 2.75) is 0 Å². The second-order valence-corrected chi connectivity index (χ2v) is 5.74. The Morgan fingerprint density at radius 2 is 1.79 bits per heavy atom. The van der Waals surface area contributed by atoms with Crippen molar-refractivity contribution in [2.75, 3.05) is 5.32 Å². The molecule has 0 bridgehead atoms. The molecule has 0 aliphatic rings.